The van der Waals surface area contributed by atoms with Gasteiger partial charge in [0.05, 0.1) is 0 Å². The van der Waals surface area contributed by atoms with Crippen LogP contribution in [0.2, 0.25) is 0 Å². The molecule has 0 spiro atoms. The minimum Gasteiger partial charge on any atom is -0.475 e. The number of carbonyl (C=O) groups excluding carboxylic acids is 1. The molecule has 0 radical (unpaired) electrons. The van der Waals surface area contributed by atoms with Gasteiger partial charge in [0, 0.05) is 38.1 Å². The molecule has 3 fully saturated rings. The van der Waals surface area contributed by atoms with Crippen molar-refractivity contribution in [1.29, 1.82) is 0 Å². The van der Waals surface area contributed by atoms with E-state index >= 15 is 0 Å². The molecule has 5 nitrogen and oxygen atoms in total. The smallest absolute Gasteiger partial charge is 0.475 e. The van der Waals surface area contributed by atoms with Crippen molar-refractivity contribution in [1.82, 2.24) is 9.80 Å². The van der Waals surface area contributed by atoms with Crippen molar-refractivity contribution >= 4 is 11.9 Å². The highest BCUT2D eigenvalue weighted by Crippen LogP contribution is 2.37. The molecule has 0 aromatic carbocycles. The summed E-state index contributed by atoms with van der Waals surface area (Å²) in [6.07, 6.45) is 1.47. The zero-order chi connectivity index (χ0) is 17.2. The number of rotatable bonds is 4. The molecule has 2 heterocycles. The molecule has 0 aromatic heterocycles. The second kappa shape index (κ2) is 6.90. The van der Waals surface area contributed by atoms with E-state index in [9.17, 15) is 18.0 Å². The first kappa shape index (κ1) is 17.8. The maximum absolute atomic E-state index is 11.9. The average Bonchev–Trinajstić information content (AvgIpc) is 3.11. The molecule has 2 aliphatic heterocycles. The van der Waals surface area contributed by atoms with E-state index in [2.05, 4.69) is 11.5 Å². The maximum Gasteiger partial charge on any atom is 0.490 e. The van der Waals surface area contributed by atoms with Crippen molar-refractivity contribution in [2.24, 2.45) is 5.92 Å². The topological polar surface area (TPSA) is 60.9 Å². The standard InChI is InChI=1S/C13H20N2O.C2HF3O2/c1-2-6-15-11-5-7-14(9-10-3-4-10)12(11)8-13(15)16;3-2(4,5)1(6)7/h2,10-12H,1,3-9H2;(H,6,7)/t11-,12+;/m0./s1. The molecular formula is C15H21F3N2O3. The van der Waals surface area contributed by atoms with Crippen LogP contribution in [0.1, 0.15) is 25.7 Å². The number of carboxylic acid groups (broad SMARTS) is 1. The Labute approximate surface area is 132 Å². The van der Waals surface area contributed by atoms with Gasteiger partial charge >= 0.3 is 12.1 Å². The number of aliphatic carboxylic acids is 1. The second-order valence-corrected chi connectivity index (χ2v) is 6.20. The van der Waals surface area contributed by atoms with Gasteiger partial charge in [-0.05, 0) is 25.2 Å². The molecule has 1 saturated carbocycles. The summed E-state index contributed by atoms with van der Waals surface area (Å²) < 4.78 is 31.7. The molecule has 0 aromatic rings. The number of alkyl halides is 3. The van der Waals surface area contributed by atoms with Crippen molar-refractivity contribution in [3.8, 4) is 0 Å². The van der Waals surface area contributed by atoms with Gasteiger partial charge in [0.15, 0.2) is 0 Å². The third-order valence-corrected chi connectivity index (χ3v) is 4.49. The van der Waals surface area contributed by atoms with Gasteiger partial charge in [-0.2, -0.15) is 13.2 Å². The van der Waals surface area contributed by atoms with E-state index in [4.69, 9.17) is 9.90 Å². The summed E-state index contributed by atoms with van der Waals surface area (Å²) in [6.45, 7) is 6.90. The lowest BCUT2D eigenvalue weighted by Gasteiger charge is -2.24. The van der Waals surface area contributed by atoms with Crippen LogP contribution in [0.4, 0.5) is 13.2 Å². The lowest BCUT2D eigenvalue weighted by molar-refractivity contribution is -0.192. The predicted octanol–water partition coefficient (Wildman–Crippen LogP) is 1.89. The van der Waals surface area contributed by atoms with Crippen LogP contribution in [0.15, 0.2) is 12.7 Å². The van der Waals surface area contributed by atoms with Gasteiger partial charge < -0.3 is 10.0 Å². The summed E-state index contributed by atoms with van der Waals surface area (Å²) in [7, 11) is 0. The molecule has 2 atom stereocenters. The fraction of sp³-hybridized carbons (Fsp3) is 0.733. The molecule has 23 heavy (non-hydrogen) atoms. The number of amides is 1. The average molecular weight is 334 g/mol. The van der Waals surface area contributed by atoms with Crippen molar-refractivity contribution < 1.29 is 27.9 Å². The lowest BCUT2D eigenvalue weighted by Crippen LogP contribution is -2.37. The van der Waals surface area contributed by atoms with E-state index in [-0.39, 0.29) is 0 Å². The predicted molar refractivity (Wildman–Crippen MR) is 76.7 cm³/mol. The minimum atomic E-state index is -5.08. The molecular weight excluding hydrogens is 313 g/mol. The maximum atomic E-state index is 11.9. The minimum absolute atomic E-state index is 0.329. The van der Waals surface area contributed by atoms with Crippen LogP contribution in [0, 0.1) is 5.92 Å². The number of fused-ring (bicyclic) bond motifs is 1. The third kappa shape index (κ3) is 4.46. The number of hydrogen-bond acceptors (Lipinski definition) is 3. The number of nitrogens with zero attached hydrogens (tertiary/aromatic N) is 2. The van der Waals surface area contributed by atoms with Gasteiger partial charge in [-0.1, -0.05) is 6.08 Å². The highest BCUT2D eigenvalue weighted by molar-refractivity contribution is 5.80. The first-order valence-corrected chi connectivity index (χ1v) is 7.68. The molecule has 1 aliphatic carbocycles. The van der Waals surface area contributed by atoms with Crippen LogP contribution in [-0.4, -0.2) is 64.7 Å². The van der Waals surface area contributed by atoms with Crippen LogP contribution < -0.4 is 0 Å². The van der Waals surface area contributed by atoms with Crippen LogP contribution in [0.3, 0.4) is 0 Å². The van der Waals surface area contributed by atoms with Crippen molar-refractivity contribution in [2.45, 2.75) is 43.9 Å². The Morgan fingerprint density at radius 1 is 1.30 bits per heavy atom. The number of carboxylic acids is 1. The van der Waals surface area contributed by atoms with Crippen LogP contribution in [0.25, 0.3) is 0 Å². The van der Waals surface area contributed by atoms with Crippen molar-refractivity contribution in [3.63, 3.8) is 0 Å². The Morgan fingerprint density at radius 3 is 2.39 bits per heavy atom. The molecule has 3 rings (SSSR count). The second-order valence-electron chi connectivity index (χ2n) is 6.20. The molecule has 1 N–H and O–H groups in total. The van der Waals surface area contributed by atoms with Gasteiger partial charge in [-0.25, -0.2) is 4.79 Å². The summed E-state index contributed by atoms with van der Waals surface area (Å²) in [5, 5.41) is 7.12. The number of hydrogen-bond donors (Lipinski definition) is 1. The molecule has 1 amide bonds. The molecule has 3 aliphatic rings. The van der Waals surface area contributed by atoms with E-state index < -0.39 is 12.1 Å². The first-order valence-electron chi connectivity index (χ1n) is 7.68. The van der Waals surface area contributed by atoms with E-state index in [0.717, 1.165) is 25.3 Å². The zero-order valence-electron chi connectivity index (χ0n) is 12.8. The fourth-order valence-electron chi connectivity index (χ4n) is 3.24. The highest BCUT2D eigenvalue weighted by Gasteiger charge is 2.46. The summed E-state index contributed by atoms with van der Waals surface area (Å²) in [5.41, 5.74) is 0. The van der Waals surface area contributed by atoms with Gasteiger partial charge in [0.1, 0.15) is 0 Å². The Kier molecular flexibility index (Phi) is 5.33. The van der Waals surface area contributed by atoms with Gasteiger partial charge in [0.2, 0.25) is 5.91 Å². The molecule has 2 saturated heterocycles. The Morgan fingerprint density at radius 2 is 1.91 bits per heavy atom. The number of carbonyl (C=O) groups is 2. The third-order valence-electron chi connectivity index (χ3n) is 4.49. The normalized spacial score (nSPS) is 27.4. The summed E-state index contributed by atoms with van der Waals surface area (Å²) >= 11 is 0. The molecule has 8 heteroatoms. The largest absolute Gasteiger partial charge is 0.490 e. The van der Waals surface area contributed by atoms with Crippen LogP contribution in [0.5, 0.6) is 0 Å². The number of likely N-dealkylation sites (tertiary alicyclic amines) is 2. The SMILES string of the molecule is C=CCN1C(=O)C[C@@H]2[C@@H]1CCN2CC1CC1.O=C(O)C(F)(F)F. The monoisotopic (exact) mass is 334 g/mol. The lowest BCUT2D eigenvalue weighted by atomic mass is 10.1. The number of halogens is 3. The summed E-state index contributed by atoms with van der Waals surface area (Å²) in [5.74, 6) is -1.50. The molecule has 0 bridgehead atoms. The van der Waals surface area contributed by atoms with Crippen LogP contribution in [-0.2, 0) is 9.59 Å². The summed E-state index contributed by atoms with van der Waals surface area (Å²) in [4.78, 5) is 25.4. The van der Waals surface area contributed by atoms with E-state index in [1.54, 1.807) is 0 Å². The van der Waals surface area contributed by atoms with Crippen LogP contribution >= 0.6 is 0 Å². The van der Waals surface area contributed by atoms with E-state index in [0.29, 0.717) is 18.0 Å². The fourth-order valence-corrected chi connectivity index (χ4v) is 3.24. The van der Waals surface area contributed by atoms with Crippen molar-refractivity contribution in [2.75, 3.05) is 19.6 Å². The van der Waals surface area contributed by atoms with E-state index in [1.165, 1.54) is 25.9 Å². The molecule has 0 unspecified atom stereocenters. The van der Waals surface area contributed by atoms with Gasteiger partial charge in [-0.15, -0.1) is 6.58 Å². The highest BCUT2D eigenvalue weighted by atomic mass is 19.4. The Balaban J connectivity index is 0.000000236. The zero-order valence-corrected chi connectivity index (χ0v) is 12.8. The molecule has 130 valence electrons. The Bertz CT molecular complexity index is 477. The Hall–Kier alpha value is -1.57. The quantitative estimate of drug-likeness (QED) is 0.798. The van der Waals surface area contributed by atoms with Crippen molar-refractivity contribution in [3.05, 3.63) is 12.7 Å². The first-order chi connectivity index (χ1) is 10.7. The summed E-state index contributed by atoms with van der Waals surface area (Å²) in [6, 6.07) is 0.984. The van der Waals surface area contributed by atoms with Gasteiger partial charge in [-0.3, -0.25) is 9.69 Å². The van der Waals surface area contributed by atoms with Gasteiger partial charge in [0.25, 0.3) is 0 Å². The van der Waals surface area contributed by atoms with E-state index in [1.807, 2.05) is 11.0 Å².